The summed E-state index contributed by atoms with van der Waals surface area (Å²) in [4.78, 5) is 24.8. The van der Waals surface area contributed by atoms with Crippen LogP contribution in [0.1, 0.15) is 94.1 Å². The Hall–Kier alpha value is -7.90. The smallest absolute Gasteiger partial charge is 0.156 e. The van der Waals surface area contributed by atoms with Crippen LogP contribution >= 0.6 is 0 Å². The summed E-state index contributed by atoms with van der Waals surface area (Å²) < 4.78 is 4.80. The van der Waals surface area contributed by atoms with Gasteiger partial charge in [0.2, 0.25) is 0 Å². The lowest BCUT2D eigenvalue weighted by Crippen LogP contribution is -2.25. The highest BCUT2D eigenvalue weighted by Crippen LogP contribution is 2.44. The fourth-order valence-corrected chi connectivity index (χ4v) is 11.6. The lowest BCUT2D eigenvalue weighted by molar-refractivity contribution is 0.0210. The predicted octanol–water partition coefficient (Wildman–Crippen LogP) is 11.2. The first-order valence-corrected chi connectivity index (χ1v) is 25.8. The maximum absolute atomic E-state index is 6.21. The van der Waals surface area contributed by atoms with Crippen molar-refractivity contribution in [3.8, 4) is 11.4 Å². The molecule has 4 aliphatic heterocycles. The van der Waals surface area contributed by atoms with Gasteiger partial charge in [-0.1, -0.05) is 158 Å². The molecule has 14 heteroatoms. The van der Waals surface area contributed by atoms with Crippen LogP contribution in [-0.2, 0) is 19.4 Å². The zero-order chi connectivity index (χ0) is 50.1. The molecule has 4 fully saturated rings. The van der Waals surface area contributed by atoms with Crippen molar-refractivity contribution in [2.24, 2.45) is 0 Å². The average Bonchev–Trinajstić information content (AvgIpc) is 4.53. The molecule has 14 nitrogen and oxygen atoms in total. The Morgan fingerprint density at radius 1 is 0.263 bits per heavy atom. The van der Waals surface area contributed by atoms with E-state index >= 15 is 0 Å². The number of nitrogens with zero attached hydrogens (tertiary/aromatic N) is 2. The summed E-state index contributed by atoms with van der Waals surface area (Å²) in [6.45, 7) is 0. The first-order valence-electron chi connectivity index (χ1n) is 25.8. The maximum Gasteiger partial charge on any atom is 0.156 e. The molecule has 374 valence electrons. The molecule has 6 heterocycles. The standard InChI is InChI=1S/C62H52N10O4/c1-5-17-37(18-6-1)59-63-55(67-73-59)41-31-42(56-64-60(74-68-56)38-19-7-2-8-20-38)34-45(33-41)71-49-27-15-13-25-47(49)53-51(71)29-30-52-54(53)48-26-14-16-28-50(48)72(52)46-35-43(57-65-61(75-69-57)39-21-9-3-10-22-39)32-44(36-46)58-66-62(76-70-58)40-23-11-4-12-24-40/h1-36,55-70H. The Balaban J connectivity index is 0.884. The number of hydrogen-bond donors (Lipinski definition) is 8. The van der Waals surface area contributed by atoms with Gasteiger partial charge in [-0.3, -0.25) is 40.6 Å². The van der Waals surface area contributed by atoms with Gasteiger partial charge in [0, 0.05) is 32.9 Å². The molecule has 0 bridgehead atoms. The van der Waals surface area contributed by atoms with E-state index in [4.69, 9.17) is 19.4 Å². The van der Waals surface area contributed by atoms with Crippen molar-refractivity contribution in [1.29, 1.82) is 0 Å². The third kappa shape index (κ3) is 8.00. The van der Waals surface area contributed by atoms with Crippen LogP contribution in [0.2, 0.25) is 0 Å². The molecule has 0 aliphatic carbocycles. The van der Waals surface area contributed by atoms with Crippen molar-refractivity contribution >= 4 is 43.6 Å². The summed E-state index contributed by atoms with van der Waals surface area (Å²) in [5.41, 5.74) is 27.8. The van der Waals surface area contributed by atoms with Crippen molar-refractivity contribution in [3.05, 3.63) is 263 Å². The molecule has 8 atom stereocenters. The van der Waals surface area contributed by atoms with Gasteiger partial charge in [-0.2, -0.15) is 21.9 Å². The number of para-hydroxylation sites is 2. The minimum absolute atomic E-state index is 0.314. The van der Waals surface area contributed by atoms with Gasteiger partial charge in [0.1, 0.15) is 24.7 Å². The van der Waals surface area contributed by atoms with E-state index in [1.165, 1.54) is 0 Å². The molecular formula is C62H52N10O4. The first-order chi connectivity index (χ1) is 37.6. The summed E-state index contributed by atoms with van der Waals surface area (Å²) in [6, 6.07) is 76.4. The van der Waals surface area contributed by atoms with Crippen LogP contribution in [0, 0.1) is 0 Å². The van der Waals surface area contributed by atoms with Crippen molar-refractivity contribution < 1.29 is 19.4 Å². The fourth-order valence-electron chi connectivity index (χ4n) is 11.6. The zero-order valence-corrected chi connectivity index (χ0v) is 40.9. The number of benzene rings is 9. The van der Waals surface area contributed by atoms with Crippen LogP contribution in [0.5, 0.6) is 0 Å². The SMILES string of the molecule is c1ccc(C2NC(c3cc(C4NOC(c5ccccc5)N4)cc(-n4c5ccccc5c5c6c7ccccc7n(-c7cc(C8NOC(c9ccccc9)N8)cc(C8NOC(c9ccccc9)N8)c7)c6ccc54)c3)NO2)cc1. The highest BCUT2D eigenvalue weighted by Gasteiger charge is 2.34. The molecule has 0 amide bonds. The van der Waals surface area contributed by atoms with Gasteiger partial charge in [-0.15, -0.1) is 0 Å². The quantitative estimate of drug-likeness (QED) is 0.0661. The molecule has 4 saturated heterocycles. The number of fused-ring (bicyclic) bond motifs is 7. The normalized spacial score (nSPS) is 23.7. The molecule has 76 heavy (non-hydrogen) atoms. The molecule has 4 aliphatic rings. The summed E-state index contributed by atoms with van der Waals surface area (Å²) in [5, 5.41) is 19.4. The second-order valence-electron chi connectivity index (χ2n) is 19.8. The van der Waals surface area contributed by atoms with Gasteiger partial charge < -0.3 is 9.13 Å². The lowest BCUT2D eigenvalue weighted by atomic mass is 10.0. The Kier molecular flexibility index (Phi) is 11.4. The second-order valence-corrected chi connectivity index (χ2v) is 19.8. The molecule has 8 unspecified atom stereocenters. The number of aromatic nitrogens is 2. The Morgan fingerprint density at radius 3 is 0.842 bits per heavy atom. The van der Waals surface area contributed by atoms with E-state index in [1.807, 2.05) is 72.8 Å². The summed E-state index contributed by atoms with van der Waals surface area (Å²) in [6.07, 6.45) is -2.60. The van der Waals surface area contributed by atoms with Crippen LogP contribution in [0.25, 0.3) is 55.0 Å². The van der Waals surface area contributed by atoms with Crippen molar-refractivity contribution in [2.75, 3.05) is 0 Å². The Bertz CT molecular complexity index is 3530. The van der Waals surface area contributed by atoms with Crippen molar-refractivity contribution in [3.63, 3.8) is 0 Å². The lowest BCUT2D eigenvalue weighted by Gasteiger charge is -2.19. The van der Waals surface area contributed by atoms with Gasteiger partial charge >= 0.3 is 0 Å². The van der Waals surface area contributed by atoms with E-state index in [-0.39, 0.29) is 49.6 Å². The molecule has 15 rings (SSSR count). The summed E-state index contributed by atoms with van der Waals surface area (Å²) in [5.74, 6) is 0. The van der Waals surface area contributed by atoms with Crippen molar-refractivity contribution in [2.45, 2.75) is 49.6 Å². The third-order valence-corrected chi connectivity index (χ3v) is 15.1. The van der Waals surface area contributed by atoms with Gasteiger partial charge in [-0.25, -0.2) is 0 Å². The predicted molar refractivity (Wildman–Crippen MR) is 292 cm³/mol. The largest absolute Gasteiger partial charge is 0.309 e. The Morgan fingerprint density at radius 2 is 0.539 bits per heavy atom. The van der Waals surface area contributed by atoms with E-state index in [9.17, 15) is 0 Å². The van der Waals surface area contributed by atoms with Crippen molar-refractivity contribution in [1.82, 2.24) is 52.3 Å². The molecule has 9 aromatic carbocycles. The molecule has 0 radical (unpaired) electrons. The number of nitrogens with one attached hydrogen (secondary N) is 8. The monoisotopic (exact) mass is 1000 g/mol. The van der Waals surface area contributed by atoms with E-state index < -0.39 is 0 Å². The van der Waals surface area contributed by atoms with E-state index in [0.717, 1.165) is 99.5 Å². The zero-order valence-electron chi connectivity index (χ0n) is 40.9. The molecule has 2 aromatic heterocycles. The third-order valence-electron chi connectivity index (χ3n) is 15.1. The van der Waals surface area contributed by atoms with E-state index in [1.54, 1.807) is 0 Å². The molecule has 11 aromatic rings. The number of hydroxylamine groups is 4. The molecule has 0 spiro atoms. The van der Waals surface area contributed by atoms with Gasteiger partial charge in [0.15, 0.2) is 24.9 Å². The summed E-state index contributed by atoms with van der Waals surface area (Å²) in [7, 11) is 0. The van der Waals surface area contributed by atoms with Gasteiger partial charge in [-0.05, 0) is 105 Å². The second kappa shape index (κ2) is 19.0. The number of hydrogen-bond acceptors (Lipinski definition) is 12. The van der Waals surface area contributed by atoms with Crippen LogP contribution < -0.4 is 43.2 Å². The molecular weight excluding hydrogens is 949 g/mol. The first kappa shape index (κ1) is 45.5. The van der Waals surface area contributed by atoms with Crippen LogP contribution in [-0.4, -0.2) is 9.13 Å². The summed E-state index contributed by atoms with van der Waals surface area (Å²) >= 11 is 0. The number of rotatable bonds is 10. The maximum atomic E-state index is 6.21. The van der Waals surface area contributed by atoms with Gasteiger partial charge in [0.25, 0.3) is 0 Å². The highest BCUT2D eigenvalue weighted by molar-refractivity contribution is 6.28. The minimum atomic E-state index is -0.335. The fraction of sp³-hybridized carbons (Fsp3) is 0.129. The van der Waals surface area contributed by atoms with E-state index in [2.05, 4.69) is 198 Å². The highest BCUT2D eigenvalue weighted by atomic mass is 16.7. The van der Waals surface area contributed by atoms with Crippen LogP contribution in [0.3, 0.4) is 0 Å². The molecule has 0 saturated carbocycles. The topological polar surface area (TPSA) is 143 Å². The van der Waals surface area contributed by atoms with E-state index in [0.29, 0.717) is 0 Å². The Labute approximate surface area is 437 Å². The average molecular weight is 1000 g/mol. The van der Waals surface area contributed by atoms with Crippen LogP contribution in [0.15, 0.2) is 218 Å². The van der Waals surface area contributed by atoms with Gasteiger partial charge in [0.05, 0.1) is 22.1 Å². The molecule has 8 N–H and O–H groups in total. The van der Waals surface area contributed by atoms with Crippen LogP contribution in [0.4, 0.5) is 0 Å². The minimum Gasteiger partial charge on any atom is -0.309 e.